The van der Waals surface area contributed by atoms with Crippen molar-refractivity contribution in [2.45, 2.75) is 26.8 Å². The lowest BCUT2D eigenvalue weighted by atomic mass is 10.1. The quantitative estimate of drug-likeness (QED) is 0.881. The van der Waals surface area contributed by atoms with E-state index in [1.165, 1.54) is 0 Å². The van der Waals surface area contributed by atoms with Crippen molar-refractivity contribution in [3.8, 4) is 0 Å². The summed E-state index contributed by atoms with van der Waals surface area (Å²) in [6, 6.07) is 2.06. The van der Waals surface area contributed by atoms with E-state index in [0.717, 1.165) is 29.4 Å². The fraction of sp³-hybridized carbons (Fsp3) is 0.462. The third kappa shape index (κ3) is 2.13. The minimum absolute atomic E-state index is 0.0706. The molecular weight excluding hydrogens is 214 g/mol. The monoisotopic (exact) mass is 233 g/mol. The molecule has 2 heterocycles. The Morgan fingerprint density at radius 1 is 1.47 bits per heavy atom. The van der Waals surface area contributed by atoms with Gasteiger partial charge in [0.15, 0.2) is 0 Å². The second-order valence-electron chi connectivity index (χ2n) is 4.25. The summed E-state index contributed by atoms with van der Waals surface area (Å²) in [5.41, 5.74) is 2.29. The van der Waals surface area contributed by atoms with Crippen molar-refractivity contribution in [1.82, 2.24) is 14.9 Å². The van der Waals surface area contributed by atoms with Gasteiger partial charge in [0.05, 0.1) is 18.2 Å². The smallest absolute Gasteiger partial charge is 0.129 e. The summed E-state index contributed by atoms with van der Waals surface area (Å²) in [5.74, 6) is 1.97. The van der Waals surface area contributed by atoms with Crippen LogP contribution >= 0.6 is 0 Å². The van der Waals surface area contributed by atoms with Crippen LogP contribution in [0, 0.1) is 13.8 Å². The van der Waals surface area contributed by atoms with Gasteiger partial charge in [0.25, 0.3) is 0 Å². The van der Waals surface area contributed by atoms with Crippen LogP contribution in [-0.4, -0.2) is 16.1 Å². The molecule has 1 N–H and O–H groups in total. The Hall–Kier alpha value is -1.55. The summed E-state index contributed by atoms with van der Waals surface area (Å²) in [5, 5.41) is 3.44. The second-order valence-corrected chi connectivity index (χ2v) is 4.25. The van der Waals surface area contributed by atoms with Crippen LogP contribution < -0.4 is 5.32 Å². The summed E-state index contributed by atoms with van der Waals surface area (Å²) in [4.78, 5) is 4.34. The van der Waals surface area contributed by atoms with Gasteiger partial charge in [0.1, 0.15) is 17.6 Å². The predicted octanol–water partition coefficient (Wildman–Crippen LogP) is 2.33. The number of furan rings is 1. The van der Waals surface area contributed by atoms with Gasteiger partial charge in [-0.1, -0.05) is 6.92 Å². The van der Waals surface area contributed by atoms with E-state index < -0.39 is 0 Å². The zero-order chi connectivity index (χ0) is 12.4. The average Bonchev–Trinajstić information content (AvgIpc) is 2.85. The van der Waals surface area contributed by atoms with Gasteiger partial charge in [-0.05, 0) is 32.0 Å². The van der Waals surface area contributed by atoms with Crippen molar-refractivity contribution in [3.05, 3.63) is 41.4 Å². The predicted molar refractivity (Wildman–Crippen MR) is 66.9 cm³/mol. The molecule has 0 saturated carbocycles. The van der Waals surface area contributed by atoms with E-state index in [1.54, 1.807) is 6.26 Å². The Kier molecular flexibility index (Phi) is 3.33. The third-order valence-electron chi connectivity index (χ3n) is 3.12. The molecule has 0 radical (unpaired) electrons. The number of nitrogens with zero attached hydrogens (tertiary/aromatic N) is 2. The Morgan fingerprint density at radius 2 is 2.24 bits per heavy atom. The first-order chi connectivity index (χ1) is 8.15. The SMILES string of the molecule is CCNC(c1occc1C)c1cnc(C)n1C. The van der Waals surface area contributed by atoms with E-state index >= 15 is 0 Å². The number of hydrogen-bond acceptors (Lipinski definition) is 3. The van der Waals surface area contributed by atoms with Gasteiger partial charge >= 0.3 is 0 Å². The molecule has 4 nitrogen and oxygen atoms in total. The summed E-state index contributed by atoms with van der Waals surface area (Å²) >= 11 is 0. The highest BCUT2D eigenvalue weighted by molar-refractivity contribution is 5.26. The highest BCUT2D eigenvalue weighted by Crippen LogP contribution is 2.25. The minimum atomic E-state index is 0.0706. The largest absolute Gasteiger partial charge is 0.467 e. The van der Waals surface area contributed by atoms with E-state index in [-0.39, 0.29) is 6.04 Å². The Balaban J connectivity index is 2.43. The lowest BCUT2D eigenvalue weighted by Gasteiger charge is -2.17. The average molecular weight is 233 g/mol. The number of aryl methyl sites for hydroxylation is 2. The van der Waals surface area contributed by atoms with E-state index in [9.17, 15) is 0 Å². The Bertz CT molecular complexity index is 498. The molecule has 1 unspecified atom stereocenters. The van der Waals surface area contributed by atoms with Crippen molar-refractivity contribution < 1.29 is 4.42 Å². The van der Waals surface area contributed by atoms with Crippen molar-refractivity contribution in [2.24, 2.45) is 7.05 Å². The number of rotatable bonds is 4. The topological polar surface area (TPSA) is 43.0 Å². The molecule has 2 rings (SSSR count). The molecule has 17 heavy (non-hydrogen) atoms. The molecule has 0 aliphatic rings. The molecule has 0 saturated heterocycles. The first-order valence-corrected chi connectivity index (χ1v) is 5.90. The van der Waals surface area contributed by atoms with Gasteiger partial charge in [0, 0.05) is 7.05 Å². The standard InChI is InChI=1S/C13H19N3O/c1-5-14-12(13-9(2)6-7-17-13)11-8-15-10(3)16(11)4/h6-8,12,14H,5H2,1-4H3. The van der Waals surface area contributed by atoms with Gasteiger partial charge in [0.2, 0.25) is 0 Å². The van der Waals surface area contributed by atoms with Crippen molar-refractivity contribution >= 4 is 0 Å². The molecule has 0 spiro atoms. The normalized spacial score (nSPS) is 12.9. The van der Waals surface area contributed by atoms with Crippen LogP contribution in [0.2, 0.25) is 0 Å². The molecular formula is C13H19N3O. The van der Waals surface area contributed by atoms with Crippen LogP contribution in [0.25, 0.3) is 0 Å². The zero-order valence-corrected chi connectivity index (χ0v) is 10.8. The van der Waals surface area contributed by atoms with Gasteiger partial charge < -0.3 is 14.3 Å². The van der Waals surface area contributed by atoms with Gasteiger partial charge in [-0.15, -0.1) is 0 Å². The Labute approximate surface area is 102 Å². The summed E-state index contributed by atoms with van der Waals surface area (Å²) in [7, 11) is 2.03. The number of imidazole rings is 1. The highest BCUT2D eigenvalue weighted by Gasteiger charge is 2.21. The van der Waals surface area contributed by atoms with Gasteiger partial charge in [-0.2, -0.15) is 0 Å². The molecule has 0 aliphatic carbocycles. The summed E-state index contributed by atoms with van der Waals surface area (Å²) < 4.78 is 7.69. The van der Waals surface area contributed by atoms with Crippen LogP contribution in [0.3, 0.4) is 0 Å². The second kappa shape index (κ2) is 4.75. The number of hydrogen-bond donors (Lipinski definition) is 1. The molecule has 92 valence electrons. The van der Waals surface area contributed by atoms with E-state index in [4.69, 9.17) is 4.42 Å². The van der Waals surface area contributed by atoms with Crippen molar-refractivity contribution in [2.75, 3.05) is 6.54 Å². The maximum Gasteiger partial charge on any atom is 0.129 e. The molecule has 0 bridgehead atoms. The molecule has 0 fully saturated rings. The third-order valence-corrected chi connectivity index (χ3v) is 3.12. The van der Waals surface area contributed by atoms with Crippen molar-refractivity contribution in [3.63, 3.8) is 0 Å². The maximum absolute atomic E-state index is 5.59. The lowest BCUT2D eigenvalue weighted by molar-refractivity contribution is 0.438. The highest BCUT2D eigenvalue weighted by atomic mass is 16.3. The lowest BCUT2D eigenvalue weighted by Crippen LogP contribution is -2.24. The van der Waals surface area contributed by atoms with Crippen LogP contribution in [0.5, 0.6) is 0 Å². The fourth-order valence-electron chi connectivity index (χ4n) is 2.00. The molecule has 4 heteroatoms. The van der Waals surface area contributed by atoms with Gasteiger partial charge in [-0.3, -0.25) is 0 Å². The molecule has 0 aromatic carbocycles. The number of aromatic nitrogens is 2. The first kappa shape index (κ1) is 11.9. The van der Waals surface area contributed by atoms with E-state index in [1.807, 2.05) is 26.2 Å². The maximum atomic E-state index is 5.59. The first-order valence-electron chi connectivity index (χ1n) is 5.90. The minimum Gasteiger partial charge on any atom is -0.467 e. The van der Waals surface area contributed by atoms with E-state index in [2.05, 4.69) is 28.7 Å². The molecule has 0 amide bonds. The number of nitrogens with one attached hydrogen (secondary N) is 1. The summed E-state index contributed by atoms with van der Waals surface area (Å²) in [6.07, 6.45) is 3.64. The molecule has 0 aliphatic heterocycles. The summed E-state index contributed by atoms with van der Waals surface area (Å²) in [6.45, 7) is 7.04. The van der Waals surface area contributed by atoms with Crippen molar-refractivity contribution in [1.29, 1.82) is 0 Å². The van der Waals surface area contributed by atoms with Crippen LogP contribution in [0.15, 0.2) is 22.9 Å². The molecule has 2 aromatic heterocycles. The van der Waals surface area contributed by atoms with Gasteiger partial charge in [-0.25, -0.2) is 4.98 Å². The molecule has 1 atom stereocenters. The Morgan fingerprint density at radius 3 is 2.71 bits per heavy atom. The molecule has 2 aromatic rings. The van der Waals surface area contributed by atoms with E-state index in [0.29, 0.717) is 0 Å². The fourth-order valence-corrected chi connectivity index (χ4v) is 2.00. The zero-order valence-electron chi connectivity index (χ0n) is 10.8. The van der Waals surface area contributed by atoms with Crippen LogP contribution in [0.4, 0.5) is 0 Å². The van der Waals surface area contributed by atoms with Crippen LogP contribution in [-0.2, 0) is 7.05 Å². The van der Waals surface area contributed by atoms with Crippen LogP contribution in [0.1, 0.15) is 35.8 Å².